The number of fused-ring (bicyclic) bond motifs is 1. The number of aromatic nitrogens is 1. The second-order valence-corrected chi connectivity index (χ2v) is 11.9. The minimum atomic E-state index is -4.03. The fourth-order valence-corrected chi connectivity index (χ4v) is 7.93. The fraction of sp³-hybridized carbons (Fsp3) is 0.350. The average molecular weight is 469 g/mol. The van der Waals surface area contributed by atoms with Crippen molar-refractivity contribution in [2.45, 2.75) is 33.3 Å². The molecule has 0 amide bonds. The van der Waals surface area contributed by atoms with Crippen LogP contribution in [-0.2, 0) is 26.7 Å². The summed E-state index contributed by atoms with van der Waals surface area (Å²) in [4.78, 5) is 4.50. The zero-order chi connectivity index (χ0) is 21.8. The number of anilines is 1. The van der Waals surface area contributed by atoms with E-state index in [-0.39, 0.29) is 23.8 Å². The quantitative estimate of drug-likeness (QED) is 0.443. The Bertz CT molecular complexity index is 1150. The maximum atomic E-state index is 12.7. The summed E-state index contributed by atoms with van der Waals surface area (Å²) in [5.41, 5.74) is 0.941. The van der Waals surface area contributed by atoms with Gasteiger partial charge in [-0.3, -0.25) is 0 Å². The van der Waals surface area contributed by atoms with Crippen molar-refractivity contribution >= 4 is 47.3 Å². The average Bonchev–Trinajstić information content (AvgIpc) is 3.09. The van der Waals surface area contributed by atoms with Gasteiger partial charge in [0.25, 0.3) is 0 Å². The number of thiazole rings is 1. The second kappa shape index (κ2) is 9.32. The van der Waals surface area contributed by atoms with Crippen LogP contribution in [0.3, 0.4) is 0 Å². The van der Waals surface area contributed by atoms with Gasteiger partial charge >= 0.3 is 0 Å². The highest BCUT2D eigenvalue weighted by Crippen LogP contribution is 2.29. The van der Waals surface area contributed by atoms with Gasteiger partial charge in [0.2, 0.25) is 20.0 Å². The van der Waals surface area contributed by atoms with Gasteiger partial charge in [0.05, 0.1) is 27.4 Å². The van der Waals surface area contributed by atoms with Gasteiger partial charge in [0, 0.05) is 6.07 Å². The van der Waals surface area contributed by atoms with E-state index in [0.717, 1.165) is 15.2 Å². The van der Waals surface area contributed by atoms with Crippen molar-refractivity contribution in [3.8, 4) is 5.75 Å². The molecule has 0 atom stereocenters. The molecule has 10 heteroatoms. The van der Waals surface area contributed by atoms with Crippen LogP contribution in [0, 0.1) is 0 Å². The third-order valence-electron chi connectivity index (χ3n) is 4.16. The zero-order valence-electron chi connectivity index (χ0n) is 16.8. The minimum absolute atomic E-state index is 0.0544. The van der Waals surface area contributed by atoms with Gasteiger partial charge in [-0.05, 0) is 37.1 Å². The van der Waals surface area contributed by atoms with Crippen molar-refractivity contribution in [3.63, 3.8) is 0 Å². The molecule has 0 bridgehead atoms. The Morgan fingerprint density at radius 1 is 0.933 bits per heavy atom. The normalized spacial score (nSPS) is 12.2. The van der Waals surface area contributed by atoms with Crippen molar-refractivity contribution in [3.05, 3.63) is 53.5 Å². The number of hydrogen-bond acceptors (Lipinski definition) is 7. The summed E-state index contributed by atoms with van der Waals surface area (Å²) in [6.45, 7) is 3.59. The number of nitrogens with zero attached hydrogens (tertiary/aromatic N) is 2. The lowest BCUT2D eigenvalue weighted by Gasteiger charge is -2.24. The standard InChI is InChI=1S/C20H24N2O5S3/c1-3-12-29(23,24)22(30(25,26)13-4-2)16-8-7-9-17(14-16)27-15-20-21-18-10-5-6-11-19(18)28-20/h5-11,14H,3-4,12-13,15H2,1-2H3. The Kier molecular flexibility index (Phi) is 6.99. The van der Waals surface area contributed by atoms with Crippen LogP contribution in [0.4, 0.5) is 5.69 Å². The van der Waals surface area contributed by atoms with Crippen LogP contribution in [-0.4, -0.2) is 33.3 Å². The molecular weight excluding hydrogens is 444 g/mol. The molecule has 2 aromatic carbocycles. The van der Waals surface area contributed by atoms with Gasteiger partial charge in [-0.25, -0.2) is 21.8 Å². The molecule has 0 aliphatic rings. The molecule has 0 N–H and O–H groups in total. The first-order valence-electron chi connectivity index (χ1n) is 9.60. The van der Waals surface area contributed by atoms with E-state index in [2.05, 4.69) is 4.98 Å². The number of sulfonamides is 2. The summed E-state index contributed by atoms with van der Waals surface area (Å²) in [5, 5.41) is 0.774. The van der Waals surface area contributed by atoms with Crippen molar-refractivity contribution in [1.29, 1.82) is 0 Å². The smallest absolute Gasteiger partial charge is 0.248 e. The zero-order valence-corrected chi connectivity index (χ0v) is 19.3. The van der Waals surface area contributed by atoms with E-state index in [1.807, 2.05) is 24.3 Å². The molecule has 162 valence electrons. The van der Waals surface area contributed by atoms with Crippen LogP contribution >= 0.6 is 11.3 Å². The summed E-state index contributed by atoms with van der Waals surface area (Å²) in [7, 11) is -8.05. The van der Waals surface area contributed by atoms with Gasteiger partial charge in [-0.15, -0.1) is 11.3 Å². The van der Waals surface area contributed by atoms with Gasteiger partial charge < -0.3 is 4.74 Å². The summed E-state index contributed by atoms with van der Waals surface area (Å²) in [5.74, 6) is -0.144. The molecule has 1 heterocycles. The highest BCUT2D eigenvalue weighted by molar-refractivity contribution is 8.10. The Morgan fingerprint density at radius 2 is 1.60 bits per heavy atom. The lowest BCUT2D eigenvalue weighted by Crippen LogP contribution is -2.39. The van der Waals surface area contributed by atoms with Crippen molar-refractivity contribution in [2.75, 3.05) is 15.2 Å². The Balaban J connectivity index is 1.88. The van der Waals surface area contributed by atoms with Crippen LogP contribution < -0.4 is 8.45 Å². The molecule has 0 aliphatic carbocycles. The molecule has 3 aromatic rings. The summed E-state index contributed by atoms with van der Waals surface area (Å²) in [6.07, 6.45) is 0.628. The first-order chi connectivity index (χ1) is 14.3. The van der Waals surface area contributed by atoms with Crippen molar-refractivity contribution < 1.29 is 21.6 Å². The Hall–Kier alpha value is -2.17. The molecule has 3 rings (SSSR count). The van der Waals surface area contributed by atoms with Gasteiger partial charge in [0.15, 0.2) is 0 Å². The molecule has 0 spiro atoms. The van der Waals surface area contributed by atoms with E-state index >= 15 is 0 Å². The predicted molar refractivity (Wildman–Crippen MR) is 121 cm³/mol. The lowest BCUT2D eigenvalue weighted by atomic mass is 10.3. The third kappa shape index (κ3) is 5.11. The molecule has 0 saturated carbocycles. The van der Waals surface area contributed by atoms with Gasteiger partial charge in [0.1, 0.15) is 17.4 Å². The number of rotatable bonds is 10. The molecule has 0 radical (unpaired) electrons. The summed E-state index contributed by atoms with van der Waals surface area (Å²) in [6, 6.07) is 13.9. The van der Waals surface area contributed by atoms with Crippen LogP contribution in [0.5, 0.6) is 5.75 Å². The first kappa shape index (κ1) is 22.5. The maximum Gasteiger partial charge on any atom is 0.248 e. The number of ether oxygens (including phenoxy) is 1. The van der Waals surface area contributed by atoms with Crippen LogP contribution in [0.2, 0.25) is 0 Å². The number of benzene rings is 2. The Labute approximate surface area is 181 Å². The summed E-state index contributed by atoms with van der Waals surface area (Å²) >= 11 is 1.51. The van der Waals surface area contributed by atoms with Crippen molar-refractivity contribution in [2.24, 2.45) is 0 Å². The predicted octanol–water partition coefficient (Wildman–Crippen LogP) is 4.16. The number of para-hydroxylation sites is 1. The second-order valence-electron chi connectivity index (χ2n) is 6.69. The van der Waals surface area contributed by atoms with E-state index in [4.69, 9.17) is 4.74 Å². The number of hydrogen-bond donors (Lipinski definition) is 0. The summed E-state index contributed by atoms with van der Waals surface area (Å²) < 4.78 is 58.4. The van der Waals surface area contributed by atoms with E-state index in [9.17, 15) is 16.8 Å². The highest BCUT2D eigenvalue weighted by Gasteiger charge is 2.33. The first-order valence-corrected chi connectivity index (χ1v) is 13.6. The van der Waals surface area contributed by atoms with Gasteiger partial charge in [-0.2, -0.15) is 3.71 Å². The molecule has 1 aromatic heterocycles. The molecule has 7 nitrogen and oxygen atoms in total. The van der Waals surface area contributed by atoms with Gasteiger partial charge in [-0.1, -0.05) is 32.0 Å². The molecule has 0 saturated heterocycles. The molecule has 0 fully saturated rings. The van der Waals surface area contributed by atoms with E-state index < -0.39 is 20.0 Å². The Morgan fingerprint density at radius 3 is 2.23 bits per heavy atom. The molecule has 30 heavy (non-hydrogen) atoms. The van der Waals surface area contributed by atoms with Crippen LogP contribution in [0.1, 0.15) is 31.7 Å². The molecule has 0 unspecified atom stereocenters. The van der Waals surface area contributed by atoms with E-state index in [1.54, 1.807) is 26.0 Å². The third-order valence-corrected chi connectivity index (χ3v) is 9.81. The fourth-order valence-electron chi connectivity index (χ4n) is 2.99. The monoisotopic (exact) mass is 468 g/mol. The van der Waals surface area contributed by atoms with Crippen molar-refractivity contribution in [1.82, 2.24) is 4.98 Å². The van der Waals surface area contributed by atoms with E-state index in [1.165, 1.54) is 23.5 Å². The SMILES string of the molecule is CCCS(=O)(=O)N(c1cccc(OCc2nc3ccccc3s2)c1)S(=O)(=O)CCC. The maximum absolute atomic E-state index is 12.7. The minimum Gasteiger partial charge on any atom is -0.486 e. The lowest BCUT2D eigenvalue weighted by molar-refractivity contribution is 0.306. The largest absolute Gasteiger partial charge is 0.486 e. The molecule has 0 aliphatic heterocycles. The highest BCUT2D eigenvalue weighted by atomic mass is 32.3. The van der Waals surface area contributed by atoms with Crippen LogP contribution in [0.25, 0.3) is 10.2 Å². The topological polar surface area (TPSA) is 93.6 Å². The van der Waals surface area contributed by atoms with Crippen LogP contribution in [0.15, 0.2) is 48.5 Å². The molecular formula is C20H24N2O5S3. The van der Waals surface area contributed by atoms with E-state index in [0.29, 0.717) is 22.3 Å².